The van der Waals surface area contributed by atoms with E-state index in [1.165, 1.54) is 5.57 Å². The van der Waals surface area contributed by atoms with Crippen molar-refractivity contribution in [2.45, 2.75) is 13.8 Å². The second-order valence-electron chi connectivity index (χ2n) is 4.14. The molecule has 0 nitrogen and oxygen atoms in total. The third-order valence-corrected chi connectivity index (χ3v) is 2.71. The maximum absolute atomic E-state index is 3.89. The number of allylic oxidation sites excluding steroid dienone is 9. The third-order valence-electron chi connectivity index (χ3n) is 2.71. The molecular formula is C15H18. The molecule has 78 valence electrons. The summed E-state index contributed by atoms with van der Waals surface area (Å²) < 4.78 is 0. The summed E-state index contributed by atoms with van der Waals surface area (Å²) in [5.41, 5.74) is 3.40. The second-order valence-corrected chi connectivity index (χ2v) is 4.14. The molecule has 0 amide bonds. The maximum Gasteiger partial charge on any atom is 0.00843 e. The zero-order chi connectivity index (χ0) is 11.5. The lowest BCUT2D eigenvalue weighted by Gasteiger charge is -2.23. The predicted molar refractivity (Wildman–Crippen MR) is 68.6 cm³/mol. The summed E-state index contributed by atoms with van der Waals surface area (Å²) in [5, 5.41) is 0. The van der Waals surface area contributed by atoms with Crippen molar-refractivity contribution in [1.29, 1.82) is 0 Å². The number of hydrogen-bond donors (Lipinski definition) is 0. The van der Waals surface area contributed by atoms with Crippen LogP contribution in [0, 0.1) is 5.41 Å². The van der Waals surface area contributed by atoms with Crippen LogP contribution in [0.1, 0.15) is 13.8 Å². The van der Waals surface area contributed by atoms with Gasteiger partial charge in [-0.1, -0.05) is 70.0 Å². The van der Waals surface area contributed by atoms with Crippen molar-refractivity contribution in [3.63, 3.8) is 0 Å². The largest absolute Gasteiger partial charge is 0.0987 e. The van der Waals surface area contributed by atoms with E-state index in [0.717, 1.165) is 11.1 Å². The second kappa shape index (κ2) is 4.31. The third kappa shape index (κ3) is 2.10. The molecule has 0 radical (unpaired) electrons. The van der Waals surface area contributed by atoms with Gasteiger partial charge >= 0.3 is 0 Å². The van der Waals surface area contributed by atoms with E-state index in [1.807, 2.05) is 18.2 Å². The zero-order valence-corrected chi connectivity index (χ0v) is 9.59. The Kier molecular flexibility index (Phi) is 3.31. The van der Waals surface area contributed by atoms with Crippen molar-refractivity contribution in [3.8, 4) is 0 Å². The van der Waals surface area contributed by atoms with Gasteiger partial charge in [0.2, 0.25) is 0 Å². The molecule has 0 saturated heterocycles. The highest BCUT2D eigenvalue weighted by atomic mass is 14.3. The number of rotatable bonds is 3. The molecule has 0 atom stereocenters. The molecule has 0 fully saturated rings. The molecule has 0 aromatic carbocycles. The normalized spacial score (nSPS) is 19.2. The number of hydrogen-bond acceptors (Lipinski definition) is 0. The molecule has 0 heteroatoms. The first-order valence-electron chi connectivity index (χ1n) is 5.08. The smallest absolute Gasteiger partial charge is 0.00843 e. The van der Waals surface area contributed by atoms with E-state index in [9.17, 15) is 0 Å². The molecule has 0 spiro atoms. The molecule has 0 N–H and O–H groups in total. The van der Waals surface area contributed by atoms with Crippen molar-refractivity contribution >= 4 is 0 Å². The van der Waals surface area contributed by atoms with Crippen LogP contribution in [0.3, 0.4) is 0 Å². The Balaban J connectivity index is 3.49. The van der Waals surface area contributed by atoms with Crippen LogP contribution in [0.4, 0.5) is 0 Å². The summed E-state index contributed by atoms with van der Waals surface area (Å²) in [6.07, 6.45) is 11.9. The van der Waals surface area contributed by atoms with E-state index in [2.05, 4.69) is 51.8 Å². The van der Waals surface area contributed by atoms with Crippen molar-refractivity contribution in [2.75, 3.05) is 0 Å². The van der Waals surface area contributed by atoms with Crippen molar-refractivity contribution in [3.05, 3.63) is 72.9 Å². The molecule has 0 heterocycles. The molecule has 0 aliphatic heterocycles. The predicted octanol–water partition coefficient (Wildman–Crippen LogP) is 4.36. The van der Waals surface area contributed by atoms with E-state index in [-0.39, 0.29) is 5.41 Å². The molecule has 0 unspecified atom stereocenters. The minimum Gasteiger partial charge on any atom is -0.0987 e. The van der Waals surface area contributed by atoms with Crippen molar-refractivity contribution in [2.24, 2.45) is 5.41 Å². The van der Waals surface area contributed by atoms with Crippen LogP contribution in [-0.2, 0) is 0 Å². The molecule has 1 aliphatic carbocycles. The Morgan fingerprint density at radius 1 is 1.07 bits per heavy atom. The topological polar surface area (TPSA) is 0 Å². The average molecular weight is 198 g/mol. The molecular weight excluding hydrogens is 180 g/mol. The van der Waals surface area contributed by atoms with E-state index in [4.69, 9.17) is 0 Å². The molecule has 1 aliphatic rings. The van der Waals surface area contributed by atoms with Gasteiger partial charge in [-0.3, -0.25) is 0 Å². The summed E-state index contributed by atoms with van der Waals surface area (Å²) in [7, 11) is 0. The molecule has 0 bridgehead atoms. The van der Waals surface area contributed by atoms with Crippen LogP contribution < -0.4 is 0 Å². The fourth-order valence-corrected chi connectivity index (χ4v) is 1.85. The Bertz CT molecular complexity index is 384. The molecule has 15 heavy (non-hydrogen) atoms. The highest BCUT2D eigenvalue weighted by molar-refractivity contribution is 5.56. The summed E-state index contributed by atoms with van der Waals surface area (Å²) in [6.45, 7) is 15.9. The average Bonchev–Trinajstić information content (AvgIpc) is 2.32. The Morgan fingerprint density at radius 3 is 2.20 bits per heavy atom. The van der Waals surface area contributed by atoms with Crippen molar-refractivity contribution in [1.82, 2.24) is 0 Å². The van der Waals surface area contributed by atoms with E-state index in [0.29, 0.717) is 0 Å². The summed E-state index contributed by atoms with van der Waals surface area (Å²) in [6, 6.07) is 0. The van der Waals surface area contributed by atoms with Crippen LogP contribution in [0.25, 0.3) is 0 Å². The fourth-order valence-electron chi connectivity index (χ4n) is 1.85. The fraction of sp³-hybridized carbons (Fsp3) is 0.200. The summed E-state index contributed by atoms with van der Waals surface area (Å²) in [4.78, 5) is 0. The summed E-state index contributed by atoms with van der Waals surface area (Å²) in [5.74, 6) is 0. The highest BCUT2D eigenvalue weighted by Gasteiger charge is 2.22. The highest BCUT2D eigenvalue weighted by Crippen LogP contribution is 2.36. The zero-order valence-electron chi connectivity index (χ0n) is 9.59. The first-order chi connectivity index (χ1) is 7.06. The van der Waals surface area contributed by atoms with Gasteiger partial charge in [-0.15, -0.1) is 0 Å². The minimum atomic E-state index is -0.00741. The van der Waals surface area contributed by atoms with Gasteiger partial charge in [0, 0.05) is 5.41 Å². The first-order valence-corrected chi connectivity index (χ1v) is 5.08. The van der Waals surface area contributed by atoms with Gasteiger partial charge in [0.15, 0.2) is 0 Å². The molecule has 0 aromatic heterocycles. The van der Waals surface area contributed by atoms with Gasteiger partial charge in [-0.05, 0) is 16.7 Å². The van der Waals surface area contributed by atoms with Crippen LogP contribution in [0.2, 0.25) is 0 Å². The first kappa shape index (κ1) is 11.5. The van der Waals surface area contributed by atoms with Crippen LogP contribution >= 0.6 is 0 Å². The lowest BCUT2D eigenvalue weighted by molar-refractivity contribution is 0.593. The standard InChI is InChI=1S/C15H18/c1-6-12-10-9-11-15(4,5)14(8-3)13(12)7-2/h6-11H,1-3H2,4-5H3. The van der Waals surface area contributed by atoms with E-state index >= 15 is 0 Å². The van der Waals surface area contributed by atoms with Crippen molar-refractivity contribution < 1.29 is 0 Å². The van der Waals surface area contributed by atoms with Gasteiger partial charge in [0.05, 0.1) is 0 Å². The van der Waals surface area contributed by atoms with Gasteiger partial charge < -0.3 is 0 Å². The van der Waals surface area contributed by atoms with Gasteiger partial charge in [0.25, 0.3) is 0 Å². The monoisotopic (exact) mass is 198 g/mol. The minimum absolute atomic E-state index is 0.00741. The lowest BCUT2D eigenvalue weighted by atomic mass is 9.80. The van der Waals surface area contributed by atoms with Crippen LogP contribution in [0.5, 0.6) is 0 Å². The quantitative estimate of drug-likeness (QED) is 0.632. The molecule has 0 aromatic rings. The van der Waals surface area contributed by atoms with Gasteiger partial charge in [-0.25, -0.2) is 0 Å². The molecule has 0 saturated carbocycles. The van der Waals surface area contributed by atoms with Crippen LogP contribution in [-0.4, -0.2) is 0 Å². The SMILES string of the molecule is C=CC1=CC=CC(C)(C)C(C=C)=C1C=C. The van der Waals surface area contributed by atoms with Gasteiger partial charge in [0.1, 0.15) is 0 Å². The molecule has 1 rings (SSSR count). The Hall–Kier alpha value is -1.56. The van der Waals surface area contributed by atoms with E-state index < -0.39 is 0 Å². The Morgan fingerprint density at radius 2 is 1.73 bits per heavy atom. The Labute approximate surface area is 92.7 Å². The maximum atomic E-state index is 3.89. The van der Waals surface area contributed by atoms with Crippen LogP contribution in [0.15, 0.2) is 72.9 Å². The lowest BCUT2D eigenvalue weighted by Crippen LogP contribution is -2.11. The van der Waals surface area contributed by atoms with Gasteiger partial charge in [-0.2, -0.15) is 0 Å². The van der Waals surface area contributed by atoms with E-state index in [1.54, 1.807) is 0 Å². The summed E-state index contributed by atoms with van der Waals surface area (Å²) >= 11 is 0.